The van der Waals surface area contributed by atoms with E-state index in [1.54, 1.807) is 4.90 Å². The normalized spacial score (nSPS) is 21.7. The summed E-state index contributed by atoms with van der Waals surface area (Å²) in [5.41, 5.74) is 0.399. The molecule has 0 bridgehead atoms. The van der Waals surface area contributed by atoms with Crippen molar-refractivity contribution in [2.75, 3.05) is 23.0 Å². The summed E-state index contributed by atoms with van der Waals surface area (Å²) in [4.78, 5) is 42.7. The van der Waals surface area contributed by atoms with Crippen molar-refractivity contribution in [2.45, 2.75) is 50.8 Å². The zero-order valence-corrected chi connectivity index (χ0v) is 23.8. The number of sulfone groups is 1. The van der Waals surface area contributed by atoms with Crippen molar-refractivity contribution in [2.24, 2.45) is 5.92 Å². The topological polar surface area (TPSA) is 144 Å². The minimum atomic E-state index is -3.66. The van der Waals surface area contributed by atoms with Gasteiger partial charge in [-0.3, -0.25) is 18.1 Å². The lowest BCUT2D eigenvalue weighted by atomic mass is 9.94. The van der Waals surface area contributed by atoms with Crippen LogP contribution in [0.1, 0.15) is 42.9 Å². The zero-order valence-electron chi connectivity index (χ0n) is 22.1. The van der Waals surface area contributed by atoms with Crippen molar-refractivity contribution in [1.82, 2.24) is 9.80 Å². The molecule has 11 nitrogen and oxygen atoms in total. The van der Waals surface area contributed by atoms with E-state index in [0.29, 0.717) is 34.3 Å². The van der Waals surface area contributed by atoms with Gasteiger partial charge in [0.2, 0.25) is 11.5 Å². The third kappa shape index (κ3) is 5.50. The number of carbonyl (C=O) groups is 3. The monoisotopic (exact) mass is 588 g/mol. The fourth-order valence-electron chi connectivity index (χ4n) is 5.51. The second-order valence-corrected chi connectivity index (χ2v) is 13.6. The number of rotatable bonds is 10. The summed E-state index contributed by atoms with van der Waals surface area (Å²) in [6, 6.07) is 13.8. The van der Waals surface area contributed by atoms with E-state index in [1.165, 1.54) is 18.2 Å². The average Bonchev–Trinajstić information content (AvgIpc) is 3.66. The van der Waals surface area contributed by atoms with E-state index in [1.807, 2.05) is 37.3 Å². The molecule has 0 N–H and O–H groups in total. The van der Waals surface area contributed by atoms with E-state index in [2.05, 4.69) is 0 Å². The molecule has 1 saturated heterocycles. The van der Waals surface area contributed by atoms with Crippen LogP contribution in [-0.4, -0.2) is 69.6 Å². The number of nitrogens with zero attached hydrogens (tertiary/aromatic N) is 3. The Morgan fingerprint density at radius 3 is 2.52 bits per heavy atom. The number of fused-ring (bicyclic) bond motifs is 2. The van der Waals surface area contributed by atoms with E-state index in [0.717, 1.165) is 29.6 Å². The number of anilines is 1. The van der Waals surface area contributed by atoms with Crippen LogP contribution in [0.2, 0.25) is 0 Å². The maximum absolute atomic E-state index is 13.7. The summed E-state index contributed by atoms with van der Waals surface area (Å²) in [5.74, 6) is -1.36. The van der Waals surface area contributed by atoms with E-state index in [9.17, 15) is 31.6 Å². The number of carbonyl (C=O) groups excluding carboxylic acids is 3. The number of benzene rings is 2. The molecule has 2 aliphatic carbocycles. The summed E-state index contributed by atoms with van der Waals surface area (Å²) >= 11 is -2.85. The highest BCUT2D eigenvalue weighted by molar-refractivity contribution is 7.92. The highest BCUT2D eigenvalue weighted by Crippen LogP contribution is 2.46. The maximum atomic E-state index is 13.7. The fraction of sp³-hybridized carbons (Fsp3) is 0.444. The van der Waals surface area contributed by atoms with Gasteiger partial charge in [0.15, 0.2) is 9.84 Å². The summed E-state index contributed by atoms with van der Waals surface area (Å²) in [7, 11) is -3.66. The lowest BCUT2D eigenvalue weighted by Gasteiger charge is -2.30. The van der Waals surface area contributed by atoms with Gasteiger partial charge in [-0.15, -0.1) is 0 Å². The Morgan fingerprint density at radius 2 is 1.90 bits per heavy atom. The lowest BCUT2D eigenvalue weighted by Crippen LogP contribution is -2.47. The number of aryl methyl sites for hydroxylation is 1. The molecule has 214 valence electrons. The molecule has 13 heteroatoms. The summed E-state index contributed by atoms with van der Waals surface area (Å²) in [6.07, 6.45) is 2.48. The van der Waals surface area contributed by atoms with Crippen LogP contribution in [0, 0.1) is 5.92 Å². The van der Waals surface area contributed by atoms with Gasteiger partial charge in [-0.1, -0.05) is 36.4 Å². The zero-order chi connectivity index (χ0) is 28.8. The van der Waals surface area contributed by atoms with Crippen molar-refractivity contribution in [3.05, 3.63) is 65.2 Å². The van der Waals surface area contributed by atoms with Crippen LogP contribution in [0.3, 0.4) is 0 Å². The Balaban J connectivity index is 1.37. The molecule has 3 atom stereocenters. The molecule has 2 unspecified atom stereocenters. The number of ether oxygens (including phenoxy) is 1. The van der Waals surface area contributed by atoms with Gasteiger partial charge in [0.25, 0.3) is 5.91 Å². The number of amides is 3. The molecule has 0 aromatic heterocycles. The highest BCUT2D eigenvalue weighted by Gasteiger charge is 2.58. The van der Waals surface area contributed by atoms with Crippen molar-refractivity contribution < 1.29 is 36.3 Å². The minimum absolute atomic E-state index is 0.0533. The molecule has 2 aromatic carbocycles. The lowest BCUT2D eigenvalue weighted by molar-refractivity contribution is -0.143. The van der Waals surface area contributed by atoms with Crippen LogP contribution in [0.15, 0.2) is 48.5 Å². The van der Waals surface area contributed by atoms with Gasteiger partial charge in [0.05, 0.1) is 0 Å². The first-order chi connectivity index (χ1) is 18.9. The van der Waals surface area contributed by atoms with Crippen molar-refractivity contribution in [3.63, 3.8) is 0 Å². The van der Waals surface area contributed by atoms with Crippen molar-refractivity contribution in [3.8, 4) is 0 Å². The first kappa shape index (κ1) is 28.2. The molecule has 2 aromatic rings. The van der Waals surface area contributed by atoms with E-state index < -0.39 is 51.1 Å². The van der Waals surface area contributed by atoms with Gasteiger partial charge >= 0.3 is 6.09 Å². The molecule has 1 aliphatic heterocycles. The van der Waals surface area contributed by atoms with Crippen molar-refractivity contribution >= 4 is 44.7 Å². The largest absolute Gasteiger partial charge is 0.755 e. The predicted octanol–water partition coefficient (Wildman–Crippen LogP) is 2.24. The summed E-state index contributed by atoms with van der Waals surface area (Å²) in [5, 5.41) is 0. The van der Waals surface area contributed by atoms with Crippen LogP contribution in [0.25, 0.3) is 0 Å². The van der Waals surface area contributed by atoms with E-state index in [4.69, 9.17) is 4.74 Å². The number of imide groups is 1. The molecule has 40 heavy (non-hydrogen) atoms. The Kier molecular flexibility index (Phi) is 7.48. The molecule has 1 heterocycles. The molecular formula is C27H30N3O8S2-. The number of hydrogen-bond acceptors (Lipinski definition) is 8. The molecule has 3 amide bonds. The first-order valence-corrected chi connectivity index (χ1v) is 16.1. The van der Waals surface area contributed by atoms with Gasteiger partial charge < -0.3 is 14.2 Å². The standard InChI is InChI=1S/C27H31N3O8S2/c1-18(20-8-9-20)28(15-19-6-4-3-5-7-19)24(31)16-29-25(32)27(38-26(29)33)13-12-21-14-22(10-11-23(21)27)30(39(34)35)17-40(2,36)37/h3-7,10-11,14,18,20H,8-9,12-13,15-17H2,1-2H3,(H,34,35)/p-1/t18-,27?/m0/s1. The van der Waals surface area contributed by atoms with Crippen LogP contribution < -0.4 is 4.31 Å². The second-order valence-electron chi connectivity index (χ2n) is 10.7. The third-order valence-corrected chi connectivity index (χ3v) is 9.36. The summed E-state index contributed by atoms with van der Waals surface area (Å²) < 4.78 is 53.3. The molecule has 1 saturated carbocycles. The molecule has 0 radical (unpaired) electrons. The molecule has 5 rings (SSSR count). The molecular weight excluding hydrogens is 558 g/mol. The van der Waals surface area contributed by atoms with E-state index in [-0.39, 0.29) is 24.1 Å². The molecule has 3 aliphatic rings. The second kappa shape index (κ2) is 10.6. The SMILES string of the molecule is C[C@@H](C1CC1)N(Cc1ccccc1)C(=O)CN1C(=O)OC2(CCc3cc(N(CS(C)(=O)=O)S(=O)[O-])ccc32)C1=O. The van der Waals surface area contributed by atoms with Crippen LogP contribution in [0.4, 0.5) is 10.5 Å². The Hall–Kier alpha value is -3.29. The Morgan fingerprint density at radius 1 is 1.20 bits per heavy atom. The Bertz CT molecular complexity index is 1480. The smallest absolute Gasteiger partial charge is 0.418 e. The number of hydrogen-bond donors (Lipinski definition) is 0. The highest BCUT2D eigenvalue weighted by atomic mass is 32.2. The third-order valence-electron chi connectivity index (χ3n) is 7.77. The van der Waals surface area contributed by atoms with Crippen LogP contribution in [0.5, 0.6) is 0 Å². The predicted molar refractivity (Wildman–Crippen MR) is 145 cm³/mol. The Labute approximate surface area is 235 Å². The first-order valence-electron chi connectivity index (χ1n) is 13.0. The quantitative estimate of drug-likeness (QED) is 0.385. The van der Waals surface area contributed by atoms with Gasteiger partial charge in [0.1, 0.15) is 12.4 Å². The summed E-state index contributed by atoms with van der Waals surface area (Å²) in [6.45, 7) is 1.89. The van der Waals surface area contributed by atoms with Gasteiger partial charge in [-0.05, 0) is 55.4 Å². The average molecular weight is 589 g/mol. The van der Waals surface area contributed by atoms with Gasteiger partial charge in [-0.25, -0.2) is 18.1 Å². The maximum Gasteiger partial charge on any atom is 0.418 e. The van der Waals surface area contributed by atoms with Crippen LogP contribution in [-0.2, 0) is 54.0 Å². The van der Waals surface area contributed by atoms with Crippen molar-refractivity contribution in [1.29, 1.82) is 0 Å². The molecule has 2 fully saturated rings. The van der Waals surface area contributed by atoms with Gasteiger partial charge in [0, 0.05) is 47.8 Å². The van der Waals surface area contributed by atoms with E-state index >= 15 is 0 Å². The fourth-order valence-corrected chi connectivity index (χ4v) is 7.29. The molecule has 1 spiro atoms. The van der Waals surface area contributed by atoms with Crippen LogP contribution >= 0.6 is 0 Å². The van der Waals surface area contributed by atoms with Gasteiger partial charge in [-0.2, -0.15) is 0 Å². The minimum Gasteiger partial charge on any atom is -0.755 e.